The van der Waals surface area contributed by atoms with E-state index in [0.717, 1.165) is 0 Å². The van der Waals surface area contributed by atoms with Crippen LogP contribution in [0.25, 0.3) is 87.6 Å². The molecule has 9 aromatic rings. The summed E-state index contributed by atoms with van der Waals surface area (Å²) in [6.07, 6.45) is 0. The van der Waals surface area contributed by atoms with Gasteiger partial charge in [0.05, 0.1) is 21.7 Å². The van der Waals surface area contributed by atoms with E-state index in [4.69, 9.17) is 4.42 Å². The predicted molar refractivity (Wildman–Crippen MR) is 226 cm³/mol. The maximum Gasteiger partial charge on any atom is 0.208 e. The number of furan rings is 1. The van der Waals surface area contributed by atoms with Crippen molar-refractivity contribution in [2.75, 3.05) is 0 Å². The molecule has 27 nitrogen and oxygen atoms in total. The van der Waals surface area contributed by atoms with Gasteiger partial charge in [-0.25, -0.2) is 0 Å². The lowest BCUT2D eigenvalue weighted by Crippen LogP contribution is -1.98. The van der Waals surface area contributed by atoms with Gasteiger partial charge in [-0.2, -0.15) is 0 Å². The summed E-state index contributed by atoms with van der Waals surface area (Å²) in [4.78, 5) is 0. The van der Waals surface area contributed by atoms with Crippen LogP contribution in [0.1, 0.15) is 0 Å². The van der Waals surface area contributed by atoms with Crippen LogP contribution in [0.4, 0.5) is 0 Å². The molecule has 0 fully saturated rings. The van der Waals surface area contributed by atoms with Crippen LogP contribution in [0.15, 0.2) is 4.42 Å². The smallest absolute Gasteiger partial charge is 0.208 e. The van der Waals surface area contributed by atoms with Crippen LogP contribution in [0.3, 0.4) is 0 Å². The quantitative estimate of drug-likeness (QED) is 0.0663. The molecule has 0 unspecified atom stereocenters. The molecule has 0 amide bonds. The van der Waals surface area contributed by atoms with Crippen LogP contribution in [-0.2, 0) is 0 Å². The van der Waals surface area contributed by atoms with E-state index in [9.17, 15) is 133 Å². The number of phenols is 26. The van der Waals surface area contributed by atoms with Crippen molar-refractivity contribution in [1.29, 1.82) is 0 Å². The third kappa shape index (κ3) is 4.86. The first-order chi connectivity index (χ1) is 32.2. The van der Waals surface area contributed by atoms with Gasteiger partial charge < -0.3 is 137 Å². The van der Waals surface area contributed by atoms with Crippen molar-refractivity contribution in [2.24, 2.45) is 0 Å². The molecule has 1 aromatic heterocycles. The average molecular weight is 963 g/mol. The van der Waals surface area contributed by atoms with Crippen LogP contribution in [0.5, 0.6) is 149 Å². The molecule has 27 heteroatoms. The second kappa shape index (κ2) is 13.4. The molecule has 0 radical (unpaired) electrons. The Bertz CT molecular complexity index is 3870. The minimum absolute atomic E-state index is 0.939. The highest BCUT2D eigenvalue weighted by Crippen LogP contribution is 2.70. The number of aromatic hydroxyl groups is 26. The zero-order chi connectivity index (χ0) is 51.0. The molecule has 0 saturated carbocycles. The summed E-state index contributed by atoms with van der Waals surface area (Å²) in [5.41, 5.74) is -11.3. The molecule has 9 rings (SSSR count). The van der Waals surface area contributed by atoms with Crippen LogP contribution < -0.4 is 0 Å². The predicted octanol–water partition coefficient (Wildman–Crippen LogP) is 4.39. The highest BCUT2D eigenvalue weighted by Gasteiger charge is 2.41. The van der Waals surface area contributed by atoms with E-state index in [1.807, 2.05) is 0 Å². The summed E-state index contributed by atoms with van der Waals surface area (Å²) in [6.45, 7) is 0. The Kier molecular flexibility index (Phi) is 8.40. The van der Waals surface area contributed by atoms with Crippen molar-refractivity contribution in [2.45, 2.75) is 0 Å². The van der Waals surface area contributed by atoms with Crippen molar-refractivity contribution in [3.8, 4) is 183 Å². The highest BCUT2D eigenvalue weighted by molar-refractivity contribution is 6.33. The number of fused-ring (bicyclic) bond motifs is 6. The van der Waals surface area contributed by atoms with E-state index >= 15 is 0 Å². The molecule has 0 aliphatic carbocycles. The Balaban J connectivity index is 1.64. The second-order valence-corrected chi connectivity index (χ2v) is 15.1. The van der Waals surface area contributed by atoms with Gasteiger partial charge in [0, 0.05) is 54.7 Å². The Morgan fingerprint density at radius 1 is 0.130 bits per heavy atom. The zero-order valence-electron chi connectivity index (χ0n) is 33.0. The summed E-state index contributed by atoms with van der Waals surface area (Å²) < 4.78 is 5.37. The summed E-state index contributed by atoms with van der Waals surface area (Å²) in [5.74, 6) is -44.0. The molecule has 356 valence electrons. The summed E-state index contributed by atoms with van der Waals surface area (Å²) in [6, 6.07) is 0. The van der Waals surface area contributed by atoms with Crippen molar-refractivity contribution in [1.82, 2.24) is 0 Å². The van der Waals surface area contributed by atoms with Gasteiger partial charge in [-0.15, -0.1) is 0 Å². The number of phenolic OH excluding ortho intramolecular Hbond substituents is 26. The third-order valence-corrected chi connectivity index (χ3v) is 11.7. The minimum atomic E-state index is -1.87. The maximum atomic E-state index is 11.9. The topological polar surface area (TPSA) is 539 Å². The van der Waals surface area contributed by atoms with E-state index < -0.39 is 237 Å². The standard InChI is InChI=1S/C42H26O27/c43-15-7(9-11(24(52)29(15)57)25(53)37(65)36(64)21(9)49)1-3-5(18(46)32(60)30(58)16(3)44)2(6-4(1)17(45)31(59)33(61)19(6)47)8-10(22(50)35(63)34(62)20(8)48)12-23(51)26(54)13-14-27(55)38(66)39(67)40(68)42(14)69-41(13)28(12)56/h43-68H. The molecule has 0 spiro atoms. The first kappa shape index (κ1) is 43.4. The van der Waals surface area contributed by atoms with Gasteiger partial charge in [-0.05, 0) is 0 Å². The van der Waals surface area contributed by atoms with Gasteiger partial charge in [0.2, 0.25) is 69.0 Å². The summed E-state index contributed by atoms with van der Waals surface area (Å²) in [5, 5.41) is 279. The molecule has 0 aliphatic heterocycles. The van der Waals surface area contributed by atoms with Crippen LogP contribution in [-0.4, -0.2) is 133 Å². The molecular formula is C42H26O27. The van der Waals surface area contributed by atoms with Gasteiger partial charge in [0.15, 0.2) is 91.7 Å². The molecule has 8 aromatic carbocycles. The largest absolute Gasteiger partial charge is 0.504 e. The number of hydrogen-bond acceptors (Lipinski definition) is 27. The number of rotatable bonds is 3. The van der Waals surface area contributed by atoms with E-state index in [0.29, 0.717) is 0 Å². The molecule has 0 saturated heterocycles. The van der Waals surface area contributed by atoms with Gasteiger partial charge in [0.25, 0.3) is 0 Å². The van der Waals surface area contributed by atoms with Gasteiger partial charge in [-0.3, -0.25) is 0 Å². The lowest BCUT2D eigenvalue weighted by molar-refractivity contribution is 0.346. The monoisotopic (exact) mass is 962 g/mol. The van der Waals surface area contributed by atoms with Crippen LogP contribution in [0.2, 0.25) is 0 Å². The van der Waals surface area contributed by atoms with Gasteiger partial charge in [-0.1, -0.05) is 0 Å². The SMILES string of the molecule is Oc1c(O)c(O)c(-c2c3c(O)c(O)c(O)c(O)c3c(-c3c(O)c(O)c(O)c4c(O)c(O)c(O)c(O)c34)c3c(O)c(O)c(O)c(O)c23)c(-c2c(O)c(O)c3c(oc4c(O)c(O)c(O)c(O)c43)c2O)c1O. The van der Waals surface area contributed by atoms with Crippen molar-refractivity contribution in [3.05, 3.63) is 0 Å². The van der Waals surface area contributed by atoms with Crippen molar-refractivity contribution in [3.63, 3.8) is 0 Å². The Morgan fingerprint density at radius 3 is 0.710 bits per heavy atom. The van der Waals surface area contributed by atoms with Crippen molar-refractivity contribution >= 4 is 54.3 Å². The number of benzene rings is 8. The molecule has 69 heavy (non-hydrogen) atoms. The van der Waals surface area contributed by atoms with Crippen LogP contribution >= 0.6 is 0 Å². The van der Waals surface area contributed by atoms with E-state index in [2.05, 4.69) is 0 Å². The highest BCUT2D eigenvalue weighted by atomic mass is 16.4. The fourth-order valence-corrected chi connectivity index (χ4v) is 8.55. The molecule has 26 N–H and O–H groups in total. The van der Waals surface area contributed by atoms with Gasteiger partial charge >= 0.3 is 0 Å². The molecule has 1 heterocycles. The lowest BCUT2D eigenvalue weighted by atomic mass is 9.79. The van der Waals surface area contributed by atoms with Crippen molar-refractivity contribution < 1.29 is 137 Å². The van der Waals surface area contributed by atoms with Crippen LogP contribution in [0, 0.1) is 0 Å². The van der Waals surface area contributed by atoms with Gasteiger partial charge in [0.1, 0.15) is 0 Å². The lowest BCUT2D eigenvalue weighted by Gasteiger charge is -2.26. The van der Waals surface area contributed by atoms with E-state index in [1.54, 1.807) is 0 Å². The fraction of sp³-hybridized carbons (Fsp3) is 0. The fourth-order valence-electron chi connectivity index (χ4n) is 8.55. The maximum absolute atomic E-state index is 11.9. The summed E-state index contributed by atoms with van der Waals surface area (Å²) >= 11 is 0. The minimum Gasteiger partial charge on any atom is -0.504 e. The van der Waals surface area contributed by atoms with E-state index in [1.165, 1.54) is 0 Å². The molecule has 0 atom stereocenters. The zero-order valence-corrected chi connectivity index (χ0v) is 33.0. The normalized spacial score (nSPS) is 11.8. The Morgan fingerprint density at radius 2 is 0.333 bits per heavy atom. The number of hydrogen-bond donors (Lipinski definition) is 26. The second-order valence-electron chi connectivity index (χ2n) is 15.1. The Labute approximate surface area is 373 Å². The first-order valence-corrected chi connectivity index (χ1v) is 18.5. The third-order valence-electron chi connectivity index (χ3n) is 11.7. The summed E-state index contributed by atoms with van der Waals surface area (Å²) in [7, 11) is 0. The molecular weight excluding hydrogens is 936 g/mol. The molecule has 0 aliphatic rings. The van der Waals surface area contributed by atoms with E-state index in [-0.39, 0.29) is 0 Å². The first-order valence-electron chi connectivity index (χ1n) is 18.5. The molecule has 0 bridgehead atoms. The average Bonchev–Trinajstić information content (AvgIpc) is 3.74. The Hall–Kier alpha value is -10.9.